The van der Waals surface area contributed by atoms with Crippen molar-refractivity contribution in [1.29, 1.82) is 0 Å². The first-order chi connectivity index (χ1) is 11.0. The average Bonchev–Trinajstić information content (AvgIpc) is 2.85. The highest BCUT2D eigenvalue weighted by molar-refractivity contribution is 5.64. The molecule has 0 aliphatic carbocycles. The highest BCUT2D eigenvalue weighted by atomic mass is 16.5. The molecule has 23 heavy (non-hydrogen) atoms. The minimum Gasteiger partial charge on any atom is -0.497 e. The Morgan fingerprint density at radius 2 is 1.57 bits per heavy atom. The van der Waals surface area contributed by atoms with Crippen molar-refractivity contribution < 1.29 is 9.47 Å². The lowest BCUT2D eigenvalue weighted by Gasteiger charge is -2.33. The second-order valence-corrected chi connectivity index (χ2v) is 6.82. The summed E-state index contributed by atoms with van der Waals surface area (Å²) in [5, 5.41) is 3.72. The quantitative estimate of drug-likeness (QED) is 0.896. The molecule has 0 spiro atoms. The normalized spacial score (nSPS) is 19.6. The van der Waals surface area contributed by atoms with Gasteiger partial charge >= 0.3 is 0 Å². The third-order valence-corrected chi connectivity index (χ3v) is 5.15. The first-order valence-corrected chi connectivity index (χ1v) is 8.06. The lowest BCUT2D eigenvalue weighted by Crippen LogP contribution is -2.37. The Morgan fingerprint density at radius 1 is 0.957 bits per heavy atom. The van der Waals surface area contributed by atoms with E-state index in [4.69, 9.17) is 9.47 Å². The molecular formula is C20H25NO2. The van der Waals surface area contributed by atoms with Crippen molar-refractivity contribution in [1.82, 2.24) is 0 Å². The van der Waals surface area contributed by atoms with Gasteiger partial charge in [-0.15, -0.1) is 0 Å². The number of anilines is 1. The van der Waals surface area contributed by atoms with Crippen LogP contribution in [0.3, 0.4) is 0 Å². The van der Waals surface area contributed by atoms with Crippen LogP contribution in [0.25, 0.3) is 0 Å². The standard InChI is InChI=1S/C20H25NO2/c1-13(14-6-8-15(22-4)9-7-14)19-20(2,3)17-12-16(23-5)10-11-18(17)21-19/h6-13,19,21H,1-5H3. The van der Waals surface area contributed by atoms with Crippen LogP contribution in [0, 0.1) is 0 Å². The fourth-order valence-corrected chi connectivity index (χ4v) is 3.67. The van der Waals surface area contributed by atoms with Gasteiger partial charge in [-0.1, -0.05) is 32.9 Å². The van der Waals surface area contributed by atoms with E-state index in [2.05, 4.69) is 50.4 Å². The van der Waals surface area contributed by atoms with E-state index >= 15 is 0 Å². The molecule has 0 amide bonds. The smallest absolute Gasteiger partial charge is 0.119 e. The van der Waals surface area contributed by atoms with Crippen molar-refractivity contribution in [3.63, 3.8) is 0 Å². The summed E-state index contributed by atoms with van der Waals surface area (Å²) >= 11 is 0. The third kappa shape index (κ3) is 2.65. The number of hydrogen-bond acceptors (Lipinski definition) is 3. The van der Waals surface area contributed by atoms with Crippen molar-refractivity contribution in [3.8, 4) is 11.5 Å². The highest BCUT2D eigenvalue weighted by Gasteiger charge is 2.42. The summed E-state index contributed by atoms with van der Waals surface area (Å²) in [4.78, 5) is 0. The molecule has 2 aromatic carbocycles. The van der Waals surface area contributed by atoms with E-state index in [0.29, 0.717) is 12.0 Å². The van der Waals surface area contributed by atoms with Crippen LogP contribution in [0.5, 0.6) is 11.5 Å². The Labute approximate surface area is 138 Å². The summed E-state index contributed by atoms with van der Waals surface area (Å²) < 4.78 is 10.7. The monoisotopic (exact) mass is 311 g/mol. The Morgan fingerprint density at radius 3 is 2.17 bits per heavy atom. The van der Waals surface area contributed by atoms with E-state index < -0.39 is 0 Å². The first kappa shape index (κ1) is 15.7. The number of methoxy groups -OCH3 is 2. The Bertz CT molecular complexity index is 691. The molecule has 0 saturated heterocycles. The maximum absolute atomic E-state index is 5.40. The fraction of sp³-hybridized carbons (Fsp3) is 0.400. The van der Waals surface area contributed by atoms with Crippen molar-refractivity contribution in [2.24, 2.45) is 0 Å². The molecule has 2 aromatic rings. The fourth-order valence-electron chi connectivity index (χ4n) is 3.67. The zero-order chi connectivity index (χ0) is 16.6. The van der Waals surface area contributed by atoms with Gasteiger partial charge in [0.25, 0.3) is 0 Å². The van der Waals surface area contributed by atoms with Crippen molar-refractivity contribution in [3.05, 3.63) is 53.6 Å². The van der Waals surface area contributed by atoms with Gasteiger partial charge in [-0.3, -0.25) is 0 Å². The van der Waals surface area contributed by atoms with Gasteiger partial charge in [0.2, 0.25) is 0 Å². The molecule has 0 radical (unpaired) electrons. The van der Waals surface area contributed by atoms with Crippen LogP contribution in [0.4, 0.5) is 5.69 Å². The summed E-state index contributed by atoms with van der Waals surface area (Å²) in [7, 11) is 3.42. The number of ether oxygens (including phenoxy) is 2. The van der Waals surface area contributed by atoms with Crippen LogP contribution in [-0.4, -0.2) is 20.3 Å². The molecule has 1 aliphatic heterocycles. The second-order valence-electron chi connectivity index (χ2n) is 6.82. The van der Waals surface area contributed by atoms with Crippen molar-refractivity contribution >= 4 is 5.69 Å². The molecule has 3 nitrogen and oxygen atoms in total. The maximum Gasteiger partial charge on any atom is 0.119 e. The largest absolute Gasteiger partial charge is 0.497 e. The summed E-state index contributed by atoms with van der Waals surface area (Å²) in [5.41, 5.74) is 3.88. The topological polar surface area (TPSA) is 30.5 Å². The van der Waals surface area contributed by atoms with Crippen molar-refractivity contribution in [2.75, 3.05) is 19.5 Å². The van der Waals surface area contributed by atoms with Crippen LogP contribution in [0.1, 0.15) is 37.8 Å². The first-order valence-electron chi connectivity index (χ1n) is 8.06. The molecule has 2 unspecified atom stereocenters. The highest BCUT2D eigenvalue weighted by Crippen LogP contribution is 2.46. The molecule has 3 rings (SSSR count). The van der Waals surface area contributed by atoms with Gasteiger partial charge in [-0.2, -0.15) is 0 Å². The molecule has 0 aromatic heterocycles. The van der Waals surface area contributed by atoms with Crippen LogP contribution in [0.2, 0.25) is 0 Å². The van der Waals surface area contributed by atoms with Gasteiger partial charge in [0.15, 0.2) is 0 Å². The van der Waals surface area contributed by atoms with Gasteiger partial charge in [0.05, 0.1) is 14.2 Å². The number of hydrogen-bond donors (Lipinski definition) is 1. The van der Waals surface area contributed by atoms with E-state index in [9.17, 15) is 0 Å². The van der Waals surface area contributed by atoms with E-state index in [1.807, 2.05) is 18.2 Å². The van der Waals surface area contributed by atoms with E-state index in [1.165, 1.54) is 16.8 Å². The van der Waals surface area contributed by atoms with Crippen LogP contribution in [0.15, 0.2) is 42.5 Å². The lowest BCUT2D eigenvalue weighted by molar-refractivity contribution is 0.400. The molecule has 1 aliphatic rings. The molecule has 2 atom stereocenters. The number of rotatable bonds is 4. The summed E-state index contributed by atoms with van der Waals surface area (Å²) in [6, 6.07) is 15.0. The van der Waals surface area contributed by atoms with Gasteiger partial charge in [0.1, 0.15) is 11.5 Å². The molecule has 1 N–H and O–H groups in total. The van der Waals surface area contributed by atoms with Crippen molar-refractivity contribution in [2.45, 2.75) is 38.1 Å². The molecule has 0 fully saturated rings. The third-order valence-electron chi connectivity index (χ3n) is 5.15. The SMILES string of the molecule is COc1ccc(C(C)C2Nc3ccc(OC)cc3C2(C)C)cc1. The van der Waals surface area contributed by atoms with Crippen LogP contribution < -0.4 is 14.8 Å². The van der Waals surface area contributed by atoms with Gasteiger partial charge < -0.3 is 14.8 Å². The molecule has 3 heteroatoms. The van der Waals surface area contributed by atoms with E-state index in [-0.39, 0.29) is 5.41 Å². The predicted molar refractivity (Wildman–Crippen MR) is 94.8 cm³/mol. The van der Waals surface area contributed by atoms with Crippen LogP contribution >= 0.6 is 0 Å². The Balaban J connectivity index is 1.91. The Hall–Kier alpha value is -2.16. The number of nitrogens with one attached hydrogen (secondary N) is 1. The van der Waals surface area contributed by atoms with E-state index in [1.54, 1.807) is 14.2 Å². The van der Waals surface area contributed by atoms with Gasteiger partial charge in [0, 0.05) is 23.1 Å². The zero-order valence-corrected chi connectivity index (χ0v) is 14.5. The van der Waals surface area contributed by atoms with Gasteiger partial charge in [-0.25, -0.2) is 0 Å². The predicted octanol–water partition coefficient (Wildman–Crippen LogP) is 4.58. The second kappa shape index (κ2) is 5.80. The zero-order valence-electron chi connectivity index (χ0n) is 14.5. The average molecular weight is 311 g/mol. The van der Waals surface area contributed by atoms with Gasteiger partial charge in [-0.05, 0) is 41.5 Å². The minimum atomic E-state index is 0.0310. The van der Waals surface area contributed by atoms with E-state index in [0.717, 1.165) is 11.5 Å². The molecule has 122 valence electrons. The summed E-state index contributed by atoms with van der Waals surface area (Å²) in [6.45, 7) is 6.89. The summed E-state index contributed by atoms with van der Waals surface area (Å²) in [6.07, 6.45) is 0. The lowest BCUT2D eigenvalue weighted by atomic mass is 9.74. The molecule has 0 saturated carbocycles. The van der Waals surface area contributed by atoms with Crippen LogP contribution in [-0.2, 0) is 5.41 Å². The maximum atomic E-state index is 5.40. The molecule has 0 bridgehead atoms. The minimum absolute atomic E-state index is 0.0310. The number of fused-ring (bicyclic) bond motifs is 1. The summed E-state index contributed by atoms with van der Waals surface area (Å²) in [5.74, 6) is 2.19. The Kier molecular flexibility index (Phi) is 3.97. The molecular weight excluding hydrogens is 286 g/mol. The number of benzene rings is 2. The molecule has 1 heterocycles.